The average Bonchev–Trinajstić information content (AvgIpc) is 2.58. The van der Waals surface area contributed by atoms with Gasteiger partial charge in [-0.1, -0.05) is 23.8 Å². The Balaban J connectivity index is 2.39. The summed E-state index contributed by atoms with van der Waals surface area (Å²) >= 11 is 0. The Bertz CT molecular complexity index is 442. The molecule has 1 aromatic carbocycles. The second-order valence-electron chi connectivity index (χ2n) is 4.78. The molecule has 0 radical (unpaired) electrons. The highest BCUT2D eigenvalue weighted by Crippen LogP contribution is 2.27. The van der Waals surface area contributed by atoms with Gasteiger partial charge in [-0.25, -0.2) is 0 Å². The lowest BCUT2D eigenvalue weighted by Crippen LogP contribution is -2.30. The van der Waals surface area contributed by atoms with Crippen LogP contribution in [0.5, 0.6) is 0 Å². The first-order valence-electron chi connectivity index (χ1n) is 6.18. The van der Waals surface area contributed by atoms with Gasteiger partial charge in [-0.05, 0) is 38.8 Å². The van der Waals surface area contributed by atoms with E-state index in [4.69, 9.17) is 0 Å². The van der Waals surface area contributed by atoms with E-state index >= 15 is 0 Å². The van der Waals surface area contributed by atoms with Crippen molar-refractivity contribution in [2.45, 2.75) is 39.9 Å². The van der Waals surface area contributed by atoms with Gasteiger partial charge in [-0.3, -0.25) is 10.1 Å². The molecule has 1 aliphatic rings. The van der Waals surface area contributed by atoms with Crippen molar-refractivity contribution in [3.05, 3.63) is 34.9 Å². The first kappa shape index (κ1) is 12.1. The highest BCUT2D eigenvalue weighted by atomic mass is 16.2. The van der Waals surface area contributed by atoms with Crippen LogP contribution in [0, 0.1) is 13.8 Å². The molecule has 0 spiro atoms. The molecular formula is C14H20N2O. The van der Waals surface area contributed by atoms with E-state index in [9.17, 15) is 4.79 Å². The van der Waals surface area contributed by atoms with Crippen LogP contribution in [0.1, 0.15) is 36.7 Å². The van der Waals surface area contributed by atoms with Crippen LogP contribution in [0.15, 0.2) is 18.2 Å². The van der Waals surface area contributed by atoms with Gasteiger partial charge in [0.2, 0.25) is 5.91 Å². The van der Waals surface area contributed by atoms with Crippen LogP contribution in [0.4, 0.5) is 0 Å². The van der Waals surface area contributed by atoms with Gasteiger partial charge in [-0.2, -0.15) is 0 Å². The number of carbonyl (C=O) groups is 1. The molecule has 1 fully saturated rings. The number of rotatable bonds is 2. The van der Waals surface area contributed by atoms with Crippen molar-refractivity contribution in [3.63, 3.8) is 0 Å². The fourth-order valence-corrected chi connectivity index (χ4v) is 2.42. The second kappa shape index (κ2) is 4.49. The van der Waals surface area contributed by atoms with Crippen molar-refractivity contribution in [1.82, 2.24) is 10.2 Å². The van der Waals surface area contributed by atoms with Gasteiger partial charge >= 0.3 is 0 Å². The Morgan fingerprint density at radius 1 is 1.35 bits per heavy atom. The second-order valence-corrected chi connectivity index (χ2v) is 4.78. The Morgan fingerprint density at radius 3 is 2.71 bits per heavy atom. The lowest BCUT2D eigenvalue weighted by atomic mass is 10.0. The molecule has 3 heteroatoms. The van der Waals surface area contributed by atoms with Gasteiger partial charge in [-0.15, -0.1) is 0 Å². The van der Waals surface area contributed by atoms with Crippen LogP contribution in [0.25, 0.3) is 0 Å². The van der Waals surface area contributed by atoms with E-state index in [0.29, 0.717) is 0 Å². The molecule has 0 aliphatic carbocycles. The Morgan fingerprint density at radius 2 is 2.06 bits per heavy atom. The summed E-state index contributed by atoms with van der Waals surface area (Å²) in [5, 5.41) is 3.37. The third-order valence-electron chi connectivity index (χ3n) is 3.44. The number of nitrogens with zero attached hydrogens (tertiary/aromatic N) is 1. The summed E-state index contributed by atoms with van der Waals surface area (Å²) in [7, 11) is 0. The predicted octanol–water partition coefficient (Wildman–Crippen LogP) is 2.14. The largest absolute Gasteiger partial charge is 0.322 e. The zero-order valence-electron chi connectivity index (χ0n) is 10.9. The van der Waals surface area contributed by atoms with Crippen molar-refractivity contribution in [1.29, 1.82) is 0 Å². The molecule has 0 bridgehead atoms. The number of carbonyl (C=O) groups excluding carboxylic acids is 1. The number of aryl methyl sites for hydroxylation is 2. The third kappa shape index (κ3) is 2.07. The number of hydrogen-bond donors (Lipinski definition) is 1. The minimum Gasteiger partial charge on any atom is -0.322 e. The number of benzene rings is 1. The van der Waals surface area contributed by atoms with Crippen LogP contribution in [-0.2, 0) is 4.79 Å². The molecule has 1 heterocycles. The van der Waals surface area contributed by atoms with Crippen LogP contribution in [0.3, 0.4) is 0 Å². The number of likely N-dealkylation sites (N-methyl/N-ethyl adjacent to an activating group) is 1. The van der Waals surface area contributed by atoms with Crippen molar-refractivity contribution >= 4 is 5.91 Å². The summed E-state index contributed by atoms with van der Waals surface area (Å²) in [6.07, 6.45) is 0.0300. The maximum Gasteiger partial charge on any atom is 0.241 e. The lowest BCUT2D eigenvalue weighted by molar-refractivity contribution is -0.129. The summed E-state index contributed by atoms with van der Waals surface area (Å²) in [6.45, 7) is 8.87. The van der Waals surface area contributed by atoms with Gasteiger partial charge in [0, 0.05) is 6.54 Å². The molecule has 2 atom stereocenters. The minimum atomic E-state index is -0.0835. The molecule has 92 valence electrons. The molecule has 1 amide bonds. The van der Waals surface area contributed by atoms with E-state index in [-0.39, 0.29) is 18.1 Å². The molecule has 1 aliphatic heterocycles. The fraction of sp³-hybridized carbons (Fsp3) is 0.500. The molecule has 2 unspecified atom stereocenters. The van der Waals surface area contributed by atoms with Crippen molar-refractivity contribution in [3.8, 4) is 0 Å². The van der Waals surface area contributed by atoms with Gasteiger partial charge < -0.3 is 4.90 Å². The number of amides is 1. The Hall–Kier alpha value is -1.35. The molecule has 2 rings (SSSR count). The molecule has 1 saturated heterocycles. The standard InChI is InChI=1S/C14H20N2O/c1-5-16-13(15-11(4)14(16)17)12-8-9(2)6-7-10(12)3/h6-8,11,13,15H,5H2,1-4H3. The summed E-state index contributed by atoms with van der Waals surface area (Å²) in [5.41, 5.74) is 3.67. The number of hydrogen-bond acceptors (Lipinski definition) is 2. The monoisotopic (exact) mass is 232 g/mol. The molecule has 3 nitrogen and oxygen atoms in total. The minimum absolute atomic E-state index is 0.0300. The lowest BCUT2D eigenvalue weighted by Gasteiger charge is -2.24. The van der Waals surface area contributed by atoms with Crippen LogP contribution in [-0.4, -0.2) is 23.4 Å². The molecule has 1 N–H and O–H groups in total. The van der Waals surface area contributed by atoms with Gasteiger partial charge in [0.1, 0.15) is 6.17 Å². The van der Waals surface area contributed by atoms with E-state index in [1.165, 1.54) is 16.7 Å². The summed E-state index contributed by atoms with van der Waals surface area (Å²) in [6, 6.07) is 6.31. The smallest absolute Gasteiger partial charge is 0.241 e. The molecule has 17 heavy (non-hydrogen) atoms. The quantitative estimate of drug-likeness (QED) is 0.847. The molecule has 0 aromatic heterocycles. The fourth-order valence-electron chi connectivity index (χ4n) is 2.42. The predicted molar refractivity (Wildman–Crippen MR) is 68.6 cm³/mol. The maximum absolute atomic E-state index is 12.0. The molecular weight excluding hydrogens is 212 g/mol. The van der Waals surface area contributed by atoms with Crippen LogP contribution < -0.4 is 5.32 Å². The zero-order valence-corrected chi connectivity index (χ0v) is 10.9. The summed E-state index contributed by atoms with van der Waals surface area (Å²) in [5.74, 6) is 0.193. The molecule has 0 saturated carbocycles. The first-order valence-corrected chi connectivity index (χ1v) is 6.18. The highest BCUT2D eigenvalue weighted by molar-refractivity contribution is 5.84. The van der Waals surface area contributed by atoms with E-state index in [2.05, 4.69) is 37.4 Å². The van der Waals surface area contributed by atoms with Crippen molar-refractivity contribution < 1.29 is 4.79 Å². The topological polar surface area (TPSA) is 32.3 Å². The van der Waals surface area contributed by atoms with E-state index in [1.54, 1.807) is 0 Å². The van der Waals surface area contributed by atoms with Gasteiger partial charge in [0.15, 0.2) is 0 Å². The van der Waals surface area contributed by atoms with Crippen molar-refractivity contribution in [2.24, 2.45) is 0 Å². The Labute approximate surface area is 103 Å². The summed E-state index contributed by atoms with van der Waals surface area (Å²) < 4.78 is 0. The average molecular weight is 232 g/mol. The zero-order chi connectivity index (χ0) is 12.6. The van der Waals surface area contributed by atoms with Gasteiger partial charge in [0.05, 0.1) is 6.04 Å². The highest BCUT2D eigenvalue weighted by Gasteiger charge is 2.36. The first-order chi connectivity index (χ1) is 8.04. The van der Waals surface area contributed by atoms with Crippen LogP contribution in [0.2, 0.25) is 0 Å². The van der Waals surface area contributed by atoms with Crippen LogP contribution >= 0.6 is 0 Å². The number of nitrogens with one attached hydrogen (secondary N) is 1. The van der Waals surface area contributed by atoms with Gasteiger partial charge in [0.25, 0.3) is 0 Å². The van der Waals surface area contributed by atoms with E-state index in [0.717, 1.165) is 6.54 Å². The third-order valence-corrected chi connectivity index (χ3v) is 3.44. The van der Waals surface area contributed by atoms with E-state index < -0.39 is 0 Å². The molecule has 1 aromatic rings. The van der Waals surface area contributed by atoms with Crippen molar-refractivity contribution in [2.75, 3.05) is 6.54 Å². The maximum atomic E-state index is 12.0. The Kier molecular flexibility index (Phi) is 3.20. The normalized spacial score (nSPS) is 24.5. The SMILES string of the molecule is CCN1C(=O)C(C)NC1c1cc(C)ccc1C. The summed E-state index contributed by atoms with van der Waals surface area (Å²) in [4.78, 5) is 13.9. The van der Waals surface area contributed by atoms with E-state index in [1.807, 2.05) is 18.7 Å².